The van der Waals surface area contributed by atoms with Gasteiger partial charge in [0.2, 0.25) is 6.29 Å². The molecule has 0 aromatic rings. The average molecular weight is 677 g/mol. The topological polar surface area (TPSA) is 194 Å². The van der Waals surface area contributed by atoms with Gasteiger partial charge in [-0.2, -0.15) is 0 Å². The van der Waals surface area contributed by atoms with Gasteiger partial charge in [-0.25, -0.2) is 4.79 Å². The smallest absolute Gasteiger partial charge is 0.333 e. The Morgan fingerprint density at radius 3 is 2.38 bits per heavy atom. The first-order chi connectivity index (χ1) is 22.5. The van der Waals surface area contributed by atoms with Crippen LogP contribution in [0.3, 0.4) is 0 Å². The first kappa shape index (κ1) is 33.6. The highest BCUT2D eigenvalue weighted by Gasteiger charge is 2.91. The lowest BCUT2D eigenvalue weighted by atomic mass is 9.37. The van der Waals surface area contributed by atoms with Gasteiger partial charge in [0.25, 0.3) is 0 Å². The minimum absolute atomic E-state index is 0.154. The van der Waals surface area contributed by atoms with Crippen molar-refractivity contribution in [2.45, 2.75) is 108 Å². The molecule has 6 fully saturated rings. The van der Waals surface area contributed by atoms with Crippen LogP contribution in [0.1, 0.15) is 54.4 Å². The standard InChI is InChI=1S/C34H44O14/c1-8-15(2)26(38)46-19-12-20(45-16(3)36)32(27(39)42-7)14-44-22-24(32)29(19,4)23(17(37)13-35)30(5)25(22)48-31(6)18-11-21(34(30,31)41)47-28-33(18,40)9-10-43-28/h8-10,18-25,28,35,40-41H,11-14H2,1-7H3/b15-8+/t18-,19+,20-,21+,22-,23-,24-,25-,28+,29-,30+,31-,32+,33+,34+/m1/s1. The van der Waals surface area contributed by atoms with Gasteiger partial charge in [0.1, 0.15) is 35.4 Å². The first-order valence-electron chi connectivity index (χ1n) is 16.4. The van der Waals surface area contributed by atoms with Gasteiger partial charge >= 0.3 is 17.9 Å². The molecule has 7 aliphatic rings. The predicted molar refractivity (Wildman–Crippen MR) is 159 cm³/mol. The summed E-state index contributed by atoms with van der Waals surface area (Å²) < 4.78 is 42.7. The minimum atomic E-state index is -2.00. The minimum Gasteiger partial charge on any atom is -0.469 e. The van der Waals surface area contributed by atoms with Crippen LogP contribution in [0.5, 0.6) is 0 Å². The van der Waals surface area contributed by atoms with E-state index in [-0.39, 0.29) is 25.0 Å². The van der Waals surface area contributed by atoms with E-state index < -0.39 is 118 Å². The van der Waals surface area contributed by atoms with Crippen molar-refractivity contribution in [3.63, 3.8) is 0 Å². The Balaban J connectivity index is 1.49. The maximum atomic E-state index is 14.5. The van der Waals surface area contributed by atoms with Gasteiger partial charge in [-0.15, -0.1) is 0 Å². The molecule has 14 nitrogen and oxygen atoms in total. The summed E-state index contributed by atoms with van der Waals surface area (Å²) in [7, 11) is 1.20. The van der Waals surface area contributed by atoms with Crippen LogP contribution in [0, 0.1) is 34.0 Å². The van der Waals surface area contributed by atoms with Crippen LogP contribution in [0.2, 0.25) is 0 Å². The fourth-order valence-corrected chi connectivity index (χ4v) is 11.6. The lowest BCUT2D eigenvalue weighted by Crippen LogP contribution is -2.77. The Morgan fingerprint density at radius 1 is 1.04 bits per heavy atom. The Bertz CT molecular complexity index is 1520. The van der Waals surface area contributed by atoms with E-state index in [1.165, 1.54) is 26.4 Å². The van der Waals surface area contributed by atoms with Crippen molar-refractivity contribution in [1.29, 1.82) is 0 Å². The van der Waals surface area contributed by atoms with Crippen LogP contribution >= 0.6 is 0 Å². The zero-order valence-electron chi connectivity index (χ0n) is 28.1. The highest BCUT2D eigenvalue weighted by Crippen LogP contribution is 2.78. The molecule has 0 unspecified atom stereocenters. The third-order valence-electron chi connectivity index (χ3n) is 13.5. The molecule has 3 saturated heterocycles. The summed E-state index contributed by atoms with van der Waals surface area (Å²) in [5.74, 6) is -6.01. The van der Waals surface area contributed by atoms with Gasteiger partial charge in [0.05, 0.1) is 38.3 Å². The molecular formula is C34H44O14. The van der Waals surface area contributed by atoms with E-state index in [1.54, 1.807) is 40.7 Å². The Labute approximate surface area is 277 Å². The number of carbonyl (C=O) groups excluding carboxylic acids is 4. The van der Waals surface area contributed by atoms with E-state index in [1.807, 2.05) is 0 Å². The molecule has 264 valence electrons. The number of hydrogen-bond acceptors (Lipinski definition) is 14. The molecule has 4 heterocycles. The van der Waals surface area contributed by atoms with E-state index in [9.17, 15) is 34.5 Å². The lowest BCUT2D eigenvalue weighted by Gasteiger charge is -2.66. The molecule has 3 N–H and O–H groups in total. The van der Waals surface area contributed by atoms with Crippen LogP contribution in [0.15, 0.2) is 24.0 Å². The summed E-state index contributed by atoms with van der Waals surface area (Å²) in [4.78, 5) is 54.6. The summed E-state index contributed by atoms with van der Waals surface area (Å²) >= 11 is 0. The number of fused-ring (bicyclic) bond motifs is 10. The predicted octanol–water partition coefficient (Wildman–Crippen LogP) is 0.486. The summed E-state index contributed by atoms with van der Waals surface area (Å²) in [5.41, 5.74) is -9.84. The van der Waals surface area contributed by atoms with E-state index >= 15 is 0 Å². The number of ether oxygens (including phenoxy) is 7. The SMILES string of the molecule is C/C=C(\C)C(=O)O[C@H]1C[C@@H](OC(C)=O)[C@@]2(C(=O)OC)CO[C@H]3[C@H]4O[C@]5(C)[C@H]6C[C@H](O[C@@H]7OC=C[C@@]76O)[C@]5(O)[C@@]4(C)[C@H](C(=O)CO)[C@]1(C)[C@@H]32. The van der Waals surface area contributed by atoms with Crippen molar-refractivity contribution in [2.24, 2.45) is 34.0 Å². The highest BCUT2D eigenvalue weighted by atomic mass is 16.7. The van der Waals surface area contributed by atoms with Crippen molar-refractivity contribution >= 4 is 23.7 Å². The van der Waals surface area contributed by atoms with E-state index in [0.29, 0.717) is 0 Å². The molecule has 0 aromatic heterocycles. The number of rotatable bonds is 6. The molecule has 3 aliphatic carbocycles. The second-order valence-electron chi connectivity index (χ2n) is 15.2. The number of aliphatic hydroxyl groups is 3. The number of methoxy groups -OCH3 is 1. The number of allylic oxidation sites excluding steroid dienone is 1. The van der Waals surface area contributed by atoms with Crippen LogP contribution in [-0.4, -0.2) is 113 Å². The zero-order chi connectivity index (χ0) is 35.0. The molecular weight excluding hydrogens is 632 g/mol. The van der Waals surface area contributed by atoms with Gasteiger partial charge in [0.15, 0.2) is 11.4 Å². The molecule has 0 aromatic carbocycles. The van der Waals surface area contributed by atoms with Crippen molar-refractivity contribution in [3.05, 3.63) is 24.0 Å². The molecule has 0 amide bonds. The van der Waals surface area contributed by atoms with Crippen LogP contribution in [0.25, 0.3) is 0 Å². The fourth-order valence-electron chi connectivity index (χ4n) is 11.6. The van der Waals surface area contributed by atoms with Crippen molar-refractivity contribution in [3.8, 4) is 0 Å². The van der Waals surface area contributed by atoms with Gasteiger partial charge in [0, 0.05) is 47.5 Å². The average Bonchev–Trinajstić information content (AvgIpc) is 3.74. The number of esters is 3. The molecule has 3 saturated carbocycles. The zero-order valence-corrected chi connectivity index (χ0v) is 28.1. The first-order valence-corrected chi connectivity index (χ1v) is 16.4. The van der Waals surface area contributed by atoms with E-state index in [0.717, 1.165) is 0 Å². The maximum absolute atomic E-state index is 14.5. The second-order valence-corrected chi connectivity index (χ2v) is 15.2. The maximum Gasteiger partial charge on any atom is 0.333 e. The molecule has 15 atom stereocenters. The highest BCUT2D eigenvalue weighted by molar-refractivity contribution is 5.89. The third kappa shape index (κ3) is 3.53. The number of Topliss-reactive ketones (excluding diaryl/α,β-unsaturated/α-hetero) is 1. The number of hydrogen-bond donors (Lipinski definition) is 3. The Hall–Kier alpha value is -2.88. The van der Waals surface area contributed by atoms with Gasteiger partial charge in [-0.1, -0.05) is 19.9 Å². The van der Waals surface area contributed by atoms with Crippen molar-refractivity contribution in [2.75, 3.05) is 20.3 Å². The Morgan fingerprint density at radius 2 is 1.75 bits per heavy atom. The molecule has 2 bridgehead atoms. The second kappa shape index (κ2) is 10.3. The van der Waals surface area contributed by atoms with Gasteiger partial charge < -0.3 is 48.5 Å². The molecule has 0 radical (unpaired) electrons. The van der Waals surface area contributed by atoms with Crippen molar-refractivity contribution < 1.29 is 67.7 Å². The largest absolute Gasteiger partial charge is 0.469 e. The summed E-state index contributed by atoms with van der Waals surface area (Å²) in [6, 6.07) is 0. The normalized spacial score (nSPS) is 52.4. The number of carbonyl (C=O) groups is 4. The molecule has 4 aliphatic heterocycles. The molecule has 14 heteroatoms. The van der Waals surface area contributed by atoms with Crippen molar-refractivity contribution in [1.82, 2.24) is 0 Å². The monoisotopic (exact) mass is 676 g/mol. The van der Waals surface area contributed by atoms with E-state index in [4.69, 9.17) is 33.2 Å². The molecule has 0 spiro atoms. The van der Waals surface area contributed by atoms with Gasteiger partial charge in [-0.3, -0.25) is 14.4 Å². The fraction of sp³-hybridized carbons (Fsp3) is 0.765. The van der Waals surface area contributed by atoms with Crippen LogP contribution in [-0.2, 0) is 52.3 Å². The van der Waals surface area contributed by atoms with Gasteiger partial charge in [-0.05, 0) is 33.3 Å². The summed E-state index contributed by atoms with van der Waals surface area (Å²) in [6.07, 6.45) is -2.37. The van der Waals surface area contributed by atoms with Crippen LogP contribution in [0.4, 0.5) is 0 Å². The third-order valence-corrected chi connectivity index (χ3v) is 13.5. The van der Waals surface area contributed by atoms with Crippen LogP contribution < -0.4 is 0 Å². The Kier molecular flexibility index (Phi) is 7.23. The van der Waals surface area contributed by atoms with E-state index in [2.05, 4.69) is 0 Å². The molecule has 7 rings (SSSR count). The number of aliphatic hydroxyl groups excluding tert-OH is 1. The summed E-state index contributed by atoms with van der Waals surface area (Å²) in [6.45, 7) is 8.23. The number of ketones is 1. The summed E-state index contributed by atoms with van der Waals surface area (Å²) in [5, 5.41) is 35.8. The quantitative estimate of drug-likeness (QED) is 0.200. The molecule has 48 heavy (non-hydrogen) atoms. The lowest BCUT2D eigenvalue weighted by molar-refractivity contribution is -0.295.